The second kappa shape index (κ2) is 23.4. The van der Waals surface area contributed by atoms with Gasteiger partial charge in [0.25, 0.3) is 0 Å². The molecule has 0 aromatic heterocycles. The molecule has 4 aliphatic rings. The van der Waals surface area contributed by atoms with Crippen molar-refractivity contribution in [3.05, 3.63) is 67.0 Å². The zero-order valence-electron chi connectivity index (χ0n) is 28.7. The fourth-order valence-electron chi connectivity index (χ4n) is 7.02. The van der Waals surface area contributed by atoms with E-state index in [1.807, 2.05) is 34.9 Å². The van der Waals surface area contributed by atoms with E-state index in [4.69, 9.17) is 38.8 Å². The van der Waals surface area contributed by atoms with Crippen LogP contribution in [0, 0.1) is 41.9 Å². The SMILES string of the molecule is C1CCC(P(C2CCCCC2)C2CCCCC2)CC1.CC(C)(C)[C]1[CH][CH][C](C(C)(C)C)[CH]1.[Cl][Rh+][Cl].[Cl][Ru]([Cl])=[CH]c1ccccc1. The second-order valence-electron chi connectivity index (χ2n) is 15.0. The van der Waals surface area contributed by atoms with Gasteiger partial charge in [0.1, 0.15) is 0 Å². The molecule has 0 unspecified atom stereocenters. The summed E-state index contributed by atoms with van der Waals surface area (Å²) in [4.78, 5) is 0. The van der Waals surface area contributed by atoms with Gasteiger partial charge in [0.2, 0.25) is 0 Å². The average molecular weight is 894 g/mol. The summed E-state index contributed by atoms with van der Waals surface area (Å²) in [6, 6.07) is 9.89. The van der Waals surface area contributed by atoms with E-state index in [0.717, 1.165) is 5.56 Å². The molecule has 0 nitrogen and oxygen atoms in total. The number of benzene rings is 1. The Morgan fingerprint density at radius 3 is 1.22 bits per heavy atom. The van der Waals surface area contributed by atoms with Gasteiger partial charge in [-0.15, -0.1) is 0 Å². The molecule has 0 atom stereocenters. The molecule has 5 rings (SSSR count). The van der Waals surface area contributed by atoms with Gasteiger partial charge in [-0.05, 0) is 97.4 Å². The third kappa shape index (κ3) is 17.6. The van der Waals surface area contributed by atoms with Crippen molar-refractivity contribution < 1.29 is 28.7 Å². The van der Waals surface area contributed by atoms with Gasteiger partial charge in [-0.1, -0.05) is 107 Å². The van der Waals surface area contributed by atoms with Gasteiger partial charge in [0.15, 0.2) is 0 Å². The van der Waals surface area contributed by atoms with E-state index < -0.39 is 13.5 Å². The third-order valence-corrected chi connectivity index (χ3v) is 15.4. The molecule has 7 heteroatoms. The first kappa shape index (κ1) is 43.1. The van der Waals surface area contributed by atoms with Crippen LogP contribution < -0.4 is 0 Å². The second-order valence-corrected chi connectivity index (χ2v) is 26.3. The van der Waals surface area contributed by atoms with Gasteiger partial charge < -0.3 is 0 Å². The predicted molar refractivity (Wildman–Crippen MR) is 201 cm³/mol. The van der Waals surface area contributed by atoms with E-state index in [1.165, 1.54) is 48.1 Å². The van der Waals surface area contributed by atoms with Gasteiger partial charge in [-0.3, -0.25) is 0 Å². The number of rotatable bonds is 4. The van der Waals surface area contributed by atoms with Crippen LogP contribution in [0.15, 0.2) is 30.3 Å². The summed E-state index contributed by atoms with van der Waals surface area (Å²) in [6.45, 7) is 13.6. The van der Waals surface area contributed by atoms with Crippen molar-refractivity contribution in [3.63, 3.8) is 0 Å². The molecule has 0 heterocycles. The maximum atomic E-state index is 5.67. The summed E-state index contributed by atoms with van der Waals surface area (Å²) in [5.74, 6) is 2.88. The minimum absolute atomic E-state index is 0.226. The molecular formula is C38H60Cl4PRhRu+. The Bertz CT molecular complexity index is 847. The molecule has 0 aliphatic heterocycles. The molecule has 0 spiro atoms. The van der Waals surface area contributed by atoms with Crippen LogP contribution in [0.25, 0.3) is 0 Å². The van der Waals surface area contributed by atoms with E-state index in [9.17, 15) is 0 Å². The van der Waals surface area contributed by atoms with Gasteiger partial charge in [-0.25, -0.2) is 0 Å². The molecule has 4 aliphatic carbocycles. The Hall–Kier alpha value is 1.93. The topological polar surface area (TPSA) is 0 Å². The molecule has 0 saturated heterocycles. The first-order chi connectivity index (χ1) is 21.4. The summed E-state index contributed by atoms with van der Waals surface area (Å²) in [5, 5.41) is 0. The van der Waals surface area contributed by atoms with Crippen molar-refractivity contribution in [2.75, 3.05) is 0 Å². The van der Waals surface area contributed by atoms with Crippen LogP contribution in [-0.2, 0) is 28.7 Å². The summed E-state index contributed by atoms with van der Waals surface area (Å²) in [5.41, 5.74) is 5.25. The van der Waals surface area contributed by atoms with E-state index >= 15 is 0 Å². The van der Waals surface area contributed by atoms with Crippen LogP contribution in [0.2, 0.25) is 0 Å². The van der Waals surface area contributed by atoms with Crippen molar-refractivity contribution in [2.24, 2.45) is 10.8 Å². The van der Waals surface area contributed by atoms with Crippen LogP contribution in [-0.4, -0.2) is 21.6 Å². The summed E-state index contributed by atoms with van der Waals surface area (Å²) >= 11 is -1.84. The average Bonchev–Trinajstić information content (AvgIpc) is 3.53. The first-order valence-electron chi connectivity index (χ1n) is 17.1. The number of hydrogen-bond acceptors (Lipinski definition) is 0. The fourth-order valence-corrected chi connectivity index (χ4v) is 13.5. The number of hydrogen-bond donors (Lipinski definition) is 0. The molecule has 1 aromatic carbocycles. The van der Waals surface area contributed by atoms with Gasteiger partial charge in [0, 0.05) is 0 Å². The Balaban J connectivity index is 0.000000237. The molecule has 0 N–H and O–H groups in total. The molecule has 45 heavy (non-hydrogen) atoms. The summed E-state index contributed by atoms with van der Waals surface area (Å²) in [6.07, 6.45) is 30.5. The van der Waals surface area contributed by atoms with E-state index in [-0.39, 0.29) is 26.0 Å². The zero-order valence-corrected chi connectivity index (χ0v) is 36.0. The monoisotopic (exact) mass is 892 g/mol. The van der Waals surface area contributed by atoms with Crippen LogP contribution in [0.5, 0.6) is 0 Å². The van der Waals surface area contributed by atoms with Crippen LogP contribution in [0.4, 0.5) is 0 Å². The minimum atomic E-state index is -1.61. The molecule has 4 fully saturated rings. The Morgan fingerprint density at radius 2 is 0.956 bits per heavy atom. The number of halogens is 4. The van der Waals surface area contributed by atoms with Crippen molar-refractivity contribution in [3.8, 4) is 0 Å². The molecule has 0 bridgehead atoms. The molecule has 4 saturated carbocycles. The normalized spacial score (nSPS) is 21.6. The molecule has 0 amide bonds. The van der Waals surface area contributed by atoms with Crippen molar-refractivity contribution in [2.45, 2.75) is 155 Å². The van der Waals surface area contributed by atoms with Gasteiger partial charge in [0.05, 0.1) is 0 Å². The summed E-state index contributed by atoms with van der Waals surface area (Å²) < 4.78 is 1.92. The van der Waals surface area contributed by atoms with E-state index in [1.54, 1.807) is 77.0 Å². The Kier molecular flexibility index (Phi) is 22.4. The first-order valence-corrected chi connectivity index (χ1v) is 28.4. The van der Waals surface area contributed by atoms with Crippen LogP contribution in [0.1, 0.15) is 143 Å². The Morgan fingerprint density at radius 1 is 0.622 bits per heavy atom. The van der Waals surface area contributed by atoms with E-state index in [2.05, 4.69) is 60.8 Å². The molecular weight excluding hydrogens is 833 g/mol. The standard InChI is InChI=1S/C18H33P.C13H21.C7H6.4ClH.Rh.Ru/c1-4-10-16(11-5-1)19(17-12-6-2-7-13-17)18-14-8-3-9-15-18;1-12(2,3)10-7-8-11(9-10)13(4,5)6;1-7-5-3-2-4-6-7;;;;;;/h16-18H,1-15H2;7-9H,1-6H3;1-6H;4*1H;;/q;;;;;;;+3;+2/p-4. The Labute approximate surface area is 310 Å². The van der Waals surface area contributed by atoms with Crippen LogP contribution in [0.3, 0.4) is 0 Å². The molecule has 261 valence electrons. The van der Waals surface area contributed by atoms with Crippen molar-refractivity contribution in [1.82, 2.24) is 0 Å². The third-order valence-electron chi connectivity index (χ3n) is 9.47. The van der Waals surface area contributed by atoms with Crippen molar-refractivity contribution >= 4 is 51.3 Å². The van der Waals surface area contributed by atoms with E-state index in [0.29, 0.717) is 7.92 Å². The fraction of sp³-hybridized carbons (Fsp3) is 0.684. The molecule has 5 radical (unpaired) electrons. The quantitative estimate of drug-likeness (QED) is 0.209. The predicted octanol–water partition coefficient (Wildman–Crippen LogP) is 14.5. The maximum absolute atomic E-state index is 5.67. The molecule has 1 aromatic rings. The zero-order chi connectivity index (χ0) is 33.3. The summed E-state index contributed by atoms with van der Waals surface area (Å²) in [7, 11) is 21.4. The van der Waals surface area contributed by atoms with Gasteiger partial charge in [-0.2, -0.15) is 0 Å². The van der Waals surface area contributed by atoms with Crippen LogP contribution >= 0.6 is 46.7 Å². The van der Waals surface area contributed by atoms with Crippen molar-refractivity contribution in [1.29, 1.82) is 0 Å². The van der Waals surface area contributed by atoms with Gasteiger partial charge >= 0.3 is 108 Å².